The minimum Gasteiger partial charge on any atom is -0.456 e. The summed E-state index contributed by atoms with van der Waals surface area (Å²) in [5.41, 5.74) is 2.69. The van der Waals surface area contributed by atoms with Crippen molar-refractivity contribution in [1.29, 1.82) is 0 Å². The normalized spacial score (nSPS) is 11.6. The van der Waals surface area contributed by atoms with Crippen LogP contribution >= 0.6 is 11.6 Å². The van der Waals surface area contributed by atoms with Crippen molar-refractivity contribution in [2.45, 2.75) is 0 Å². The number of nitrogens with zero attached hydrogens (tertiary/aromatic N) is 1. The van der Waals surface area contributed by atoms with Gasteiger partial charge in [0.05, 0.1) is 10.5 Å². The van der Waals surface area contributed by atoms with Crippen molar-refractivity contribution >= 4 is 44.4 Å². The molecule has 0 bridgehead atoms. The summed E-state index contributed by atoms with van der Waals surface area (Å²) in [5, 5.41) is 3.84. The number of aromatic nitrogens is 1. The fraction of sp³-hybridized carbons (Fsp3) is 0. The van der Waals surface area contributed by atoms with Gasteiger partial charge >= 0.3 is 0 Å². The van der Waals surface area contributed by atoms with Gasteiger partial charge in [0.25, 0.3) is 0 Å². The van der Waals surface area contributed by atoms with Crippen LogP contribution in [-0.4, -0.2) is 4.98 Å². The van der Waals surface area contributed by atoms with Gasteiger partial charge < -0.3 is 4.42 Å². The Kier molecular flexibility index (Phi) is 1.91. The Balaban J connectivity index is 2.23. The van der Waals surface area contributed by atoms with Crippen molar-refractivity contribution in [3.8, 4) is 0 Å². The van der Waals surface area contributed by atoms with Crippen LogP contribution in [0, 0.1) is 0 Å². The Labute approximate surface area is 108 Å². The fourth-order valence-corrected chi connectivity index (χ4v) is 2.49. The number of para-hydroxylation sites is 1. The fourth-order valence-electron chi connectivity index (χ4n) is 2.32. The summed E-state index contributed by atoms with van der Waals surface area (Å²) in [5.74, 6) is 0. The van der Waals surface area contributed by atoms with Crippen LogP contribution < -0.4 is 0 Å². The second-order valence-corrected chi connectivity index (χ2v) is 4.73. The van der Waals surface area contributed by atoms with Gasteiger partial charge in [-0.1, -0.05) is 29.8 Å². The molecule has 0 N–H and O–H groups in total. The maximum absolute atomic E-state index is 5.96. The molecule has 4 aromatic rings. The quantitative estimate of drug-likeness (QED) is 0.450. The highest BCUT2D eigenvalue weighted by molar-refractivity contribution is 6.31. The van der Waals surface area contributed by atoms with Crippen LogP contribution in [0.5, 0.6) is 0 Å². The molecule has 0 fully saturated rings. The lowest BCUT2D eigenvalue weighted by Gasteiger charge is -1.97. The lowest BCUT2D eigenvalue weighted by molar-refractivity contribution is 0.669. The molecule has 0 amide bonds. The summed E-state index contributed by atoms with van der Waals surface area (Å²) in [7, 11) is 0. The lowest BCUT2D eigenvalue weighted by Crippen LogP contribution is -1.78. The number of pyridine rings is 1. The molecule has 86 valence electrons. The molecule has 0 aliphatic rings. The Bertz CT molecular complexity index is 895. The second-order valence-electron chi connectivity index (χ2n) is 4.29. The number of rotatable bonds is 0. The molecule has 0 unspecified atom stereocenters. The van der Waals surface area contributed by atoms with Crippen molar-refractivity contribution in [1.82, 2.24) is 4.98 Å². The lowest BCUT2D eigenvalue weighted by atomic mass is 10.1. The van der Waals surface area contributed by atoms with Gasteiger partial charge in [-0.2, -0.15) is 0 Å². The van der Waals surface area contributed by atoms with Crippen molar-refractivity contribution in [2.75, 3.05) is 0 Å². The average Bonchev–Trinajstić information content (AvgIpc) is 2.73. The highest BCUT2D eigenvalue weighted by atomic mass is 35.5. The summed E-state index contributed by atoms with van der Waals surface area (Å²) in [6, 6.07) is 14.0. The molecule has 0 spiro atoms. The first-order chi connectivity index (χ1) is 8.81. The van der Waals surface area contributed by atoms with Gasteiger partial charge in [-0.3, -0.25) is 4.98 Å². The van der Waals surface area contributed by atoms with Gasteiger partial charge in [-0.25, -0.2) is 0 Å². The van der Waals surface area contributed by atoms with Crippen molar-refractivity contribution in [3.05, 3.63) is 53.7 Å². The molecule has 2 aromatic carbocycles. The zero-order valence-electron chi connectivity index (χ0n) is 9.35. The molecule has 0 saturated carbocycles. The third-order valence-electron chi connectivity index (χ3n) is 3.15. The predicted octanol–water partition coefficient (Wildman–Crippen LogP) is 4.79. The third kappa shape index (κ3) is 1.33. The number of benzene rings is 2. The number of fused-ring (bicyclic) bond motifs is 4. The van der Waals surface area contributed by atoms with Crippen molar-refractivity contribution in [2.24, 2.45) is 0 Å². The molecule has 0 aliphatic heterocycles. The molecular formula is C15H8ClNO. The van der Waals surface area contributed by atoms with Crippen LogP contribution in [0.3, 0.4) is 0 Å². The summed E-state index contributed by atoms with van der Waals surface area (Å²) >= 11 is 5.96. The van der Waals surface area contributed by atoms with Gasteiger partial charge in [-0.05, 0) is 24.3 Å². The standard InChI is InChI=1S/C15H8ClNO/c16-10-5-9-6-15-12(7-13(9)17-8-10)11-3-1-2-4-14(11)18-15/h1-8H. The number of furan rings is 1. The van der Waals surface area contributed by atoms with E-state index in [1.807, 2.05) is 36.4 Å². The summed E-state index contributed by atoms with van der Waals surface area (Å²) < 4.78 is 5.83. The molecule has 0 radical (unpaired) electrons. The minimum absolute atomic E-state index is 0.637. The molecule has 4 rings (SSSR count). The molecule has 0 saturated heterocycles. The molecule has 0 atom stereocenters. The first-order valence-corrected chi connectivity index (χ1v) is 6.06. The second kappa shape index (κ2) is 3.47. The summed E-state index contributed by atoms with van der Waals surface area (Å²) in [6.07, 6.45) is 1.66. The van der Waals surface area contributed by atoms with E-state index in [4.69, 9.17) is 16.0 Å². The number of halogens is 1. The maximum atomic E-state index is 5.96. The van der Waals surface area contributed by atoms with E-state index in [1.165, 1.54) is 0 Å². The maximum Gasteiger partial charge on any atom is 0.136 e. The number of hydrogen-bond acceptors (Lipinski definition) is 2. The predicted molar refractivity (Wildman–Crippen MR) is 74.0 cm³/mol. The zero-order chi connectivity index (χ0) is 12.1. The van der Waals surface area contributed by atoms with Crippen molar-refractivity contribution < 1.29 is 4.42 Å². The van der Waals surface area contributed by atoms with E-state index >= 15 is 0 Å². The zero-order valence-corrected chi connectivity index (χ0v) is 10.1. The molecule has 2 heterocycles. The molecule has 0 aliphatic carbocycles. The van der Waals surface area contributed by atoms with E-state index in [0.717, 1.165) is 32.8 Å². The van der Waals surface area contributed by atoms with Gasteiger partial charge in [0.1, 0.15) is 11.2 Å². The third-order valence-corrected chi connectivity index (χ3v) is 3.35. The summed E-state index contributed by atoms with van der Waals surface area (Å²) in [4.78, 5) is 4.34. The van der Waals surface area contributed by atoms with Gasteiger partial charge in [0, 0.05) is 22.4 Å². The van der Waals surface area contributed by atoms with Crippen LogP contribution in [0.1, 0.15) is 0 Å². The first-order valence-electron chi connectivity index (χ1n) is 5.68. The van der Waals surface area contributed by atoms with E-state index in [0.29, 0.717) is 5.02 Å². The van der Waals surface area contributed by atoms with Crippen LogP contribution in [-0.2, 0) is 0 Å². The minimum atomic E-state index is 0.637. The first kappa shape index (κ1) is 9.92. The molecular weight excluding hydrogens is 246 g/mol. The molecule has 2 nitrogen and oxygen atoms in total. The summed E-state index contributed by atoms with van der Waals surface area (Å²) in [6.45, 7) is 0. The van der Waals surface area contributed by atoms with Crippen LogP contribution in [0.25, 0.3) is 32.8 Å². The van der Waals surface area contributed by atoms with Gasteiger partial charge in [0.15, 0.2) is 0 Å². The van der Waals surface area contributed by atoms with E-state index < -0.39 is 0 Å². The van der Waals surface area contributed by atoms with E-state index in [-0.39, 0.29) is 0 Å². The number of hydrogen-bond donors (Lipinski definition) is 0. The topological polar surface area (TPSA) is 26.0 Å². The molecule has 3 heteroatoms. The monoisotopic (exact) mass is 253 g/mol. The largest absolute Gasteiger partial charge is 0.456 e. The van der Waals surface area contributed by atoms with E-state index in [9.17, 15) is 0 Å². The van der Waals surface area contributed by atoms with E-state index in [2.05, 4.69) is 11.1 Å². The van der Waals surface area contributed by atoms with Gasteiger partial charge in [-0.15, -0.1) is 0 Å². The van der Waals surface area contributed by atoms with Crippen molar-refractivity contribution in [3.63, 3.8) is 0 Å². The van der Waals surface area contributed by atoms with Crippen LogP contribution in [0.2, 0.25) is 5.02 Å². The highest BCUT2D eigenvalue weighted by Crippen LogP contribution is 2.31. The Hall–Kier alpha value is -2.06. The average molecular weight is 254 g/mol. The molecule has 2 aromatic heterocycles. The molecule has 18 heavy (non-hydrogen) atoms. The van der Waals surface area contributed by atoms with Gasteiger partial charge in [0.2, 0.25) is 0 Å². The van der Waals surface area contributed by atoms with Crippen LogP contribution in [0.4, 0.5) is 0 Å². The smallest absolute Gasteiger partial charge is 0.136 e. The highest BCUT2D eigenvalue weighted by Gasteiger charge is 2.08. The SMILES string of the molecule is Clc1cnc2cc3c(cc2c1)oc1ccccc13. The Morgan fingerprint density at radius 1 is 0.944 bits per heavy atom. The van der Waals surface area contributed by atoms with E-state index in [1.54, 1.807) is 6.20 Å². The van der Waals surface area contributed by atoms with Crippen LogP contribution in [0.15, 0.2) is 53.1 Å². The Morgan fingerprint density at radius 3 is 2.78 bits per heavy atom. The Morgan fingerprint density at radius 2 is 1.83 bits per heavy atom.